The highest BCUT2D eigenvalue weighted by Gasteiger charge is 2.31. The molecule has 2 amide bonds. The molecule has 1 aliphatic rings. The highest BCUT2D eigenvalue weighted by molar-refractivity contribution is 8.26. The number of methoxy groups -OCH3 is 1. The number of benzene rings is 2. The zero-order chi connectivity index (χ0) is 22.2. The van der Waals surface area contributed by atoms with Crippen LogP contribution in [-0.2, 0) is 16.1 Å². The molecule has 0 aliphatic carbocycles. The second kappa shape index (κ2) is 11.1. The average molecular weight is 455 g/mol. The van der Waals surface area contributed by atoms with Crippen molar-refractivity contribution in [3.8, 4) is 5.75 Å². The molecule has 1 heterocycles. The maximum atomic E-state index is 12.8. The van der Waals surface area contributed by atoms with E-state index in [9.17, 15) is 9.59 Å². The maximum absolute atomic E-state index is 12.8. The normalized spacial score (nSPS) is 14.9. The molecular formula is C24H26N2O3S2. The predicted molar refractivity (Wildman–Crippen MR) is 130 cm³/mol. The van der Waals surface area contributed by atoms with Crippen LogP contribution in [-0.4, -0.2) is 46.1 Å². The van der Waals surface area contributed by atoms with Crippen molar-refractivity contribution in [1.29, 1.82) is 0 Å². The highest BCUT2D eigenvalue weighted by Crippen LogP contribution is 2.33. The third-order valence-corrected chi connectivity index (χ3v) is 6.37. The van der Waals surface area contributed by atoms with Gasteiger partial charge in [0.2, 0.25) is 5.91 Å². The van der Waals surface area contributed by atoms with E-state index in [4.69, 9.17) is 17.0 Å². The summed E-state index contributed by atoms with van der Waals surface area (Å²) >= 11 is 6.70. The molecule has 0 unspecified atom stereocenters. The Labute approximate surface area is 193 Å². The number of carbonyl (C=O) groups is 2. The van der Waals surface area contributed by atoms with E-state index in [1.807, 2.05) is 72.5 Å². The lowest BCUT2D eigenvalue weighted by Crippen LogP contribution is -2.32. The zero-order valence-corrected chi connectivity index (χ0v) is 19.4. The Morgan fingerprint density at radius 1 is 1.19 bits per heavy atom. The molecule has 5 nitrogen and oxygen atoms in total. The summed E-state index contributed by atoms with van der Waals surface area (Å²) in [7, 11) is 1.61. The van der Waals surface area contributed by atoms with Gasteiger partial charge in [-0.3, -0.25) is 14.5 Å². The van der Waals surface area contributed by atoms with Crippen molar-refractivity contribution in [2.75, 3.05) is 20.2 Å². The first-order valence-corrected chi connectivity index (χ1v) is 11.5. The van der Waals surface area contributed by atoms with E-state index in [1.165, 1.54) is 11.8 Å². The van der Waals surface area contributed by atoms with Gasteiger partial charge in [-0.1, -0.05) is 66.4 Å². The number of thiocarbonyl (C=S) groups is 1. The number of rotatable bonds is 9. The Hall–Kier alpha value is -2.64. The largest absolute Gasteiger partial charge is 0.497 e. The van der Waals surface area contributed by atoms with Crippen molar-refractivity contribution in [3.05, 3.63) is 70.6 Å². The summed E-state index contributed by atoms with van der Waals surface area (Å²) in [6.07, 6.45) is 2.78. The molecule has 0 spiro atoms. The van der Waals surface area contributed by atoms with E-state index in [0.29, 0.717) is 41.7 Å². The van der Waals surface area contributed by atoms with Crippen molar-refractivity contribution in [1.82, 2.24) is 9.80 Å². The predicted octanol–water partition coefficient (Wildman–Crippen LogP) is 4.73. The van der Waals surface area contributed by atoms with Crippen LogP contribution in [0.15, 0.2) is 59.5 Å². The average Bonchev–Trinajstić information content (AvgIpc) is 3.05. The lowest BCUT2D eigenvalue weighted by Gasteiger charge is -2.22. The number of nitrogens with zero attached hydrogens (tertiary/aromatic N) is 2. The molecule has 1 fully saturated rings. The monoisotopic (exact) mass is 454 g/mol. The number of ether oxygens (including phenoxy) is 1. The molecule has 2 aromatic rings. The molecule has 1 saturated heterocycles. The van der Waals surface area contributed by atoms with Gasteiger partial charge in [-0.05, 0) is 42.7 Å². The summed E-state index contributed by atoms with van der Waals surface area (Å²) in [5.74, 6) is 0.712. The third kappa shape index (κ3) is 6.18. The van der Waals surface area contributed by atoms with Gasteiger partial charge < -0.3 is 9.64 Å². The summed E-state index contributed by atoms with van der Waals surface area (Å²) in [5, 5.41) is 0. The van der Waals surface area contributed by atoms with E-state index in [-0.39, 0.29) is 11.8 Å². The molecule has 0 saturated carbocycles. The fourth-order valence-electron chi connectivity index (χ4n) is 3.30. The Morgan fingerprint density at radius 3 is 2.68 bits per heavy atom. The summed E-state index contributed by atoms with van der Waals surface area (Å²) in [5.41, 5.74) is 1.99. The van der Waals surface area contributed by atoms with Crippen LogP contribution in [0.3, 0.4) is 0 Å². The van der Waals surface area contributed by atoms with E-state index in [1.54, 1.807) is 12.0 Å². The minimum absolute atomic E-state index is 0.0868. The Morgan fingerprint density at radius 2 is 1.97 bits per heavy atom. The van der Waals surface area contributed by atoms with Gasteiger partial charge in [-0.15, -0.1) is 0 Å². The summed E-state index contributed by atoms with van der Waals surface area (Å²) in [6.45, 7) is 3.67. The van der Waals surface area contributed by atoms with Gasteiger partial charge in [-0.25, -0.2) is 0 Å². The van der Waals surface area contributed by atoms with Gasteiger partial charge >= 0.3 is 0 Å². The van der Waals surface area contributed by atoms with Crippen LogP contribution in [0.25, 0.3) is 6.08 Å². The second-order valence-corrected chi connectivity index (χ2v) is 8.78. The van der Waals surface area contributed by atoms with Gasteiger partial charge in [0.1, 0.15) is 10.1 Å². The number of hydrogen-bond donors (Lipinski definition) is 0. The van der Waals surface area contributed by atoms with Crippen LogP contribution in [0.2, 0.25) is 0 Å². The van der Waals surface area contributed by atoms with Crippen LogP contribution in [0.1, 0.15) is 30.9 Å². The number of carbonyl (C=O) groups excluding carboxylic acids is 2. The molecule has 0 aromatic heterocycles. The quantitative estimate of drug-likeness (QED) is 0.405. The van der Waals surface area contributed by atoms with Crippen molar-refractivity contribution >= 4 is 46.2 Å². The standard InChI is InChI=1S/C24H26N2O3S2/c1-3-25(17-18-9-5-4-6-10-18)22(27)13-8-14-26-23(28)21(31-24(26)30)16-19-11-7-12-20(15-19)29-2/h4-7,9-12,15-16H,3,8,13-14,17H2,1-2H3. The van der Waals surface area contributed by atoms with Crippen molar-refractivity contribution in [3.63, 3.8) is 0 Å². The van der Waals surface area contributed by atoms with Gasteiger partial charge in [0.05, 0.1) is 12.0 Å². The Bertz CT molecular complexity index is 976. The molecule has 162 valence electrons. The van der Waals surface area contributed by atoms with Gasteiger partial charge in [-0.2, -0.15) is 0 Å². The molecule has 0 atom stereocenters. The highest BCUT2D eigenvalue weighted by atomic mass is 32.2. The van der Waals surface area contributed by atoms with Crippen LogP contribution < -0.4 is 4.74 Å². The van der Waals surface area contributed by atoms with E-state index >= 15 is 0 Å². The number of hydrogen-bond acceptors (Lipinski definition) is 5. The molecule has 0 radical (unpaired) electrons. The van der Waals surface area contributed by atoms with Gasteiger partial charge in [0.25, 0.3) is 5.91 Å². The first-order chi connectivity index (χ1) is 15.0. The fourth-order valence-corrected chi connectivity index (χ4v) is 4.61. The molecule has 31 heavy (non-hydrogen) atoms. The zero-order valence-electron chi connectivity index (χ0n) is 17.7. The third-order valence-electron chi connectivity index (χ3n) is 4.99. The number of thioether (sulfide) groups is 1. The molecule has 3 rings (SSSR count). The smallest absolute Gasteiger partial charge is 0.266 e. The topological polar surface area (TPSA) is 49.9 Å². The minimum Gasteiger partial charge on any atom is -0.497 e. The first-order valence-electron chi connectivity index (χ1n) is 10.2. The van der Waals surface area contributed by atoms with Crippen molar-refractivity contribution < 1.29 is 14.3 Å². The van der Waals surface area contributed by atoms with E-state index < -0.39 is 0 Å². The molecular weight excluding hydrogens is 428 g/mol. The molecule has 0 N–H and O–H groups in total. The van der Waals surface area contributed by atoms with Crippen molar-refractivity contribution in [2.45, 2.75) is 26.3 Å². The Balaban J connectivity index is 1.55. The lowest BCUT2D eigenvalue weighted by atomic mass is 10.2. The van der Waals surface area contributed by atoms with Crippen molar-refractivity contribution in [2.24, 2.45) is 0 Å². The molecule has 2 aromatic carbocycles. The summed E-state index contributed by atoms with van der Waals surface area (Å²) < 4.78 is 5.77. The molecule has 7 heteroatoms. The summed E-state index contributed by atoms with van der Waals surface area (Å²) in [4.78, 5) is 29.5. The van der Waals surface area contributed by atoms with E-state index in [0.717, 1.165) is 16.9 Å². The maximum Gasteiger partial charge on any atom is 0.266 e. The van der Waals surface area contributed by atoms with Crippen LogP contribution in [0, 0.1) is 0 Å². The molecule has 0 bridgehead atoms. The van der Waals surface area contributed by atoms with Crippen LogP contribution in [0.5, 0.6) is 5.75 Å². The van der Waals surface area contributed by atoms with Crippen LogP contribution >= 0.6 is 24.0 Å². The molecule has 1 aliphatic heterocycles. The van der Waals surface area contributed by atoms with Gasteiger partial charge in [0.15, 0.2) is 0 Å². The second-order valence-electron chi connectivity index (χ2n) is 7.11. The van der Waals surface area contributed by atoms with E-state index in [2.05, 4.69) is 0 Å². The first kappa shape index (κ1) is 23.0. The van der Waals surface area contributed by atoms with Crippen LogP contribution in [0.4, 0.5) is 0 Å². The SMILES string of the molecule is CCN(Cc1ccccc1)C(=O)CCCN1C(=O)C(=Cc2cccc(OC)c2)SC1=S. The summed E-state index contributed by atoms with van der Waals surface area (Å²) in [6, 6.07) is 17.5. The van der Waals surface area contributed by atoms with Gasteiger partial charge in [0, 0.05) is 26.1 Å². The lowest BCUT2D eigenvalue weighted by molar-refractivity contribution is -0.132. The minimum atomic E-state index is -0.109. The number of amides is 2. The fraction of sp³-hybridized carbons (Fsp3) is 0.292. The Kier molecular flexibility index (Phi) is 8.26.